The Hall–Kier alpha value is -2.15. The van der Waals surface area contributed by atoms with Crippen molar-refractivity contribution < 1.29 is 18.7 Å². The van der Waals surface area contributed by atoms with Gasteiger partial charge in [0.25, 0.3) is 5.91 Å². The first-order chi connectivity index (χ1) is 10.1. The molecule has 1 saturated heterocycles. The smallest absolute Gasteiger partial charge is 0.254 e. The molecule has 0 aliphatic carbocycles. The van der Waals surface area contributed by atoms with Gasteiger partial charge in [-0.15, -0.1) is 0 Å². The van der Waals surface area contributed by atoms with Crippen LogP contribution in [0.3, 0.4) is 0 Å². The predicted octanol–water partition coefficient (Wildman–Crippen LogP) is -0.00570. The Morgan fingerprint density at radius 3 is 2.86 bits per heavy atom. The third kappa shape index (κ3) is 3.13. The molecule has 1 heterocycles. The number of methoxy groups -OCH3 is 1. The normalized spacial score (nSPS) is 18.2. The molecule has 1 aliphatic rings. The number of carbonyl (C=O) groups is 2. The summed E-state index contributed by atoms with van der Waals surface area (Å²) < 4.78 is 18.5. The minimum atomic E-state index is -0.602. The van der Waals surface area contributed by atoms with Gasteiger partial charge in [0, 0.05) is 32.2 Å². The van der Waals surface area contributed by atoms with Gasteiger partial charge in [0.05, 0.1) is 7.11 Å². The first kappa shape index (κ1) is 15.2. The summed E-state index contributed by atoms with van der Waals surface area (Å²) in [6, 6.07) is 3.43. The second-order valence-electron chi connectivity index (χ2n) is 4.68. The lowest BCUT2D eigenvalue weighted by Crippen LogP contribution is -2.59. The van der Waals surface area contributed by atoms with E-state index in [0.717, 1.165) is 6.07 Å². The second kappa shape index (κ2) is 6.53. The fourth-order valence-electron chi connectivity index (χ4n) is 2.31. The maximum atomic E-state index is 13.7. The van der Waals surface area contributed by atoms with Gasteiger partial charge in [0.1, 0.15) is 6.04 Å². The number of nitrogens with one attached hydrogen (secondary N) is 2. The van der Waals surface area contributed by atoms with Crippen LogP contribution >= 0.6 is 0 Å². The van der Waals surface area contributed by atoms with Gasteiger partial charge in [0.15, 0.2) is 11.6 Å². The van der Waals surface area contributed by atoms with E-state index in [0.29, 0.717) is 19.6 Å². The van der Waals surface area contributed by atoms with Crippen LogP contribution in [0.2, 0.25) is 0 Å². The molecule has 0 saturated carbocycles. The van der Waals surface area contributed by atoms with Crippen LogP contribution in [0.25, 0.3) is 0 Å². The van der Waals surface area contributed by atoms with Crippen molar-refractivity contribution in [2.75, 3.05) is 33.8 Å². The Labute approximate surface area is 122 Å². The molecule has 1 fully saturated rings. The summed E-state index contributed by atoms with van der Waals surface area (Å²) in [5.74, 6) is -1.14. The van der Waals surface area contributed by atoms with E-state index in [1.165, 1.54) is 31.2 Å². The van der Waals surface area contributed by atoms with Crippen molar-refractivity contribution in [2.45, 2.75) is 6.04 Å². The van der Waals surface area contributed by atoms with E-state index in [-0.39, 0.29) is 23.1 Å². The van der Waals surface area contributed by atoms with Crippen molar-refractivity contribution in [2.24, 2.45) is 0 Å². The first-order valence-corrected chi connectivity index (χ1v) is 6.65. The average molecular weight is 295 g/mol. The molecule has 1 aromatic carbocycles. The Morgan fingerprint density at radius 2 is 2.24 bits per heavy atom. The number of hydrogen-bond donors (Lipinski definition) is 2. The SMILES string of the molecule is CNC(=O)C1CNCCN1C(=O)c1ccc(OC)c(F)c1. The third-order valence-corrected chi connectivity index (χ3v) is 3.45. The van der Waals surface area contributed by atoms with Gasteiger partial charge in [-0.25, -0.2) is 4.39 Å². The molecule has 2 N–H and O–H groups in total. The van der Waals surface area contributed by atoms with E-state index >= 15 is 0 Å². The Morgan fingerprint density at radius 1 is 1.48 bits per heavy atom. The topological polar surface area (TPSA) is 70.7 Å². The largest absolute Gasteiger partial charge is 0.494 e. The van der Waals surface area contributed by atoms with Crippen molar-refractivity contribution in [1.29, 1.82) is 0 Å². The molecule has 0 radical (unpaired) electrons. The number of nitrogens with zero attached hydrogens (tertiary/aromatic N) is 1. The highest BCUT2D eigenvalue weighted by Crippen LogP contribution is 2.19. The quantitative estimate of drug-likeness (QED) is 0.823. The minimum absolute atomic E-state index is 0.0784. The number of benzene rings is 1. The molecule has 1 aromatic rings. The van der Waals surface area contributed by atoms with Gasteiger partial charge < -0.3 is 20.3 Å². The summed E-state index contributed by atoms with van der Waals surface area (Å²) in [5.41, 5.74) is 0.198. The van der Waals surface area contributed by atoms with Crippen LogP contribution in [-0.2, 0) is 4.79 Å². The van der Waals surface area contributed by atoms with Crippen LogP contribution < -0.4 is 15.4 Å². The predicted molar refractivity (Wildman–Crippen MR) is 74.7 cm³/mol. The summed E-state index contributed by atoms with van der Waals surface area (Å²) in [6.45, 7) is 1.37. The lowest BCUT2D eigenvalue weighted by molar-refractivity contribution is -0.125. The molecular weight excluding hydrogens is 277 g/mol. The van der Waals surface area contributed by atoms with E-state index in [1.807, 2.05) is 0 Å². The molecular formula is C14H18FN3O3. The van der Waals surface area contributed by atoms with Crippen molar-refractivity contribution in [3.63, 3.8) is 0 Å². The number of likely N-dealkylation sites (N-methyl/N-ethyl adjacent to an activating group) is 1. The number of halogens is 1. The van der Waals surface area contributed by atoms with E-state index in [9.17, 15) is 14.0 Å². The lowest BCUT2D eigenvalue weighted by Gasteiger charge is -2.35. The van der Waals surface area contributed by atoms with Gasteiger partial charge in [-0.2, -0.15) is 0 Å². The summed E-state index contributed by atoms with van der Waals surface area (Å²) in [6.07, 6.45) is 0. The lowest BCUT2D eigenvalue weighted by atomic mass is 10.1. The van der Waals surface area contributed by atoms with Gasteiger partial charge in [-0.3, -0.25) is 9.59 Å². The van der Waals surface area contributed by atoms with Gasteiger partial charge in [-0.05, 0) is 18.2 Å². The first-order valence-electron chi connectivity index (χ1n) is 6.65. The van der Waals surface area contributed by atoms with Gasteiger partial charge in [-0.1, -0.05) is 0 Å². The molecule has 2 rings (SSSR count). The highest BCUT2D eigenvalue weighted by molar-refractivity contribution is 5.98. The molecule has 7 heteroatoms. The molecule has 21 heavy (non-hydrogen) atoms. The van der Waals surface area contributed by atoms with Crippen LogP contribution in [-0.4, -0.2) is 56.5 Å². The van der Waals surface area contributed by atoms with Gasteiger partial charge in [0.2, 0.25) is 5.91 Å². The maximum absolute atomic E-state index is 13.7. The number of rotatable bonds is 3. The van der Waals surface area contributed by atoms with Crippen molar-refractivity contribution in [3.05, 3.63) is 29.6 Å². The van der Waals surface area contributed by atoms with E-state index in [4.69, 9.17) is 4.74 Å². The summed E-state index contributed by atoms with van der Waals surface area (Å²) >= 11 is 0. The van der Waals surface area contributed by atoms with Crippen molar-refractivity contribution >= 4 is 11.8 Å². The molecule has 2 amide bonds. The molecule has 0 aromatic heterocycles. The van der Waals surface area contributed by atoms with Crippen LogP contribution in [0.4, 0.5) is 4.39 Å². The number of hydrogen-bond acceptors (Lipinski definition) is 4. The van der Waals surface area contributed by atoms with Crippen molar-refractivity contribution in [3.8, 4) is 5.75 Å². The zero-order valence-corrected chi connectivity index (χ0v) is 12.0. The highest BCUT2D eigenvalue weighted by atomic mass is 19.1. The van der Waals surface area contributed by atoms with Crippen LogP contribution in [0.1, 0.15) is 10.4 Å². The summed E-state index contributed by atoms with van der Waals surface area (Å²) in [7, 11) is 2.88. The average Bonchev–Trinajstić information content (AvgIpc) is 2.53. The zero-order chi connectivity index (χ0) is 15.4. The number of piperazine rings is 1. The zero-order valence-electron chi connectivity index (χ0n) is 12.0. The summed E-state index contributed by atoms with van der Waals surface area (Å²) in [5, 5.41) is 5.60. The fraction of sp³-hybridized carbons (Fsp3) is 0.429. The Balaban J connectivity index is 2.24. The monoisotopic (exact) mass is 295 g/mol. The fourth-order valence-corrected chi connectivity index (χ4v) is 2.31. The maximum Gasteiger partial charge on any atom is 0.254 e. The van der Waals surface area contributed by atoms with E-state index in [2.05, 4.69) is 10.6 Å². The Kier molecular flexibility index (Phi) is 4.74. The molecule has 1 atom stereocenters. The summed E-state index contributed by atoms with van der Waals surface area (Å²) in [4.78, 5) is 25.8. The number of ether oxygens (including phenoxy) is 1. The second-order valence-corrected chi connectivity index (χ2v) is 4.68. The standard InChI is InChI=1S/C14H18FN3O3/c1-16-13(19)11-8-17-5-6-18(11)14(20)9-3-4-12(21-2)10(15)7-9/h3-4,7,11,17H,5-6,8H2,1-2H3,(H,16,19). The molecule has 1 aliphatic heterocycles. The number of carbonyl (C=O) groups excluding carboxylic acids is 2. The van der Waals surface area contributed by atoms with Crippen LogP contribution in [0.5, 0.6) is 5.75 Å². The Bertz CT molecular complexity index is 550. The third-order valence-electron chi connectivity index (χ3n) is 3.45. The van der Waals surface area contributed by atoms with Crippen LogP contribution in [0, 0.1) is 5.82 Å². The van der Waals surface area contributed by atoms with E-state index in [1.54, 1.807) is 0 Å². The molecule has 0 bridgehead atoms. The van der Waals surface area contributed by atoms with Crippen LogP contribution in [0.15, 0.2) is 18.2 Å². The molecule has 6 nitrogen and oxygen atoms in total. The molecule has 114 valence electrons. The minimum Gasteiger partial charge on any atom is -0.494 e. The van der Waals surface area contributed by atoms with Crippen molar-refractivity contribution in [1.82, 2.24) is 15.5 Å². The van der Waals surface area contributed by atoms with E-state index < -0.39 is 11.9 Å². The molecule has 1 unspecified atom stereocenters. The number of amides is 2. The molecule has 0 spiro atoms. The highest BCUT2D eigenvalue weighted by Gasteiger charge is 2.32. The van der Waals surface area contributed by atoms with Gasteiger partial charge >= 0.3 is 0 Å².